The lowest BCUT2D eigenvalue weighted by Crippen LogP contribution is -2.53. The molecule has 0 aliphatic heterocycles. The summed E-state index contributed by atoms with van der Waals surface area (Å²) in [5.41, 5.74) is 0.356. The van der Waals surface area contributed by atoms with Crippen LogP contribution in [0.25, 0.3) is 0 Å². The van der Waals surface area contributed by atoms with E-state index in [4.69, 9.17) is 4.55 Å². The Hall–Kier alpha value is -1.55. The van der Waals surface area contributed by atoms with Crippen molar-refractivity contribution < 1.29 is 49.2 Å². The first-order valence-corrected chi connectivity index (χ1v) is 11.3. The molecule has 1 aromatic carbocycles. The van der Waals surface area contributed by atoms with E-state index < -0.39 is 51.4 Å². The van der Waals surface area contributed by atoms with E-state index in [0.29, 0.717) is 18.5 Å². The Labute approximate surface area is 187 Å². The molecule has 3 atom stereocenters. The van der Waals surface area contributed by atoms with E-state index in [-0.39, 0.29) is 12.8 Å². The zero-order chi connectivity index (χ0) is 23.6. The number of amides is 1. The molecule has 0 radical (unpaired) electrons. The van der Waals surface area contributed by atoms with Crippen LogP contribution < -0.4 is 5.32 Å². The summed E-state index contributed by atoms with van der Waals surface area (Å²) in [6.07, 6.45) is -9.68. The van der Waals surface area contributed by atoms with Gasteiger partial charge in [-0.2, -0.15) is 30.4 Å². The summed E-state index contributed by atoms with van der Waals surface area (Å²) in [5.74, 6) is -5.19. The van der Waals surface area contributed by atoms with Crippen LogP contribution in [-0.2, 0) is 24.4 Å². The maximum Gasteiger partial charge on any atom is 0.432 e. The van der Waals surface area contributed by atoms with Crippen LogP contribution in [0.2, 0.25) is 0 Å². The summed E-state index contributed by atoms with van der Waals surface area (Å²) < 4.78 is 101. The van der Waals surface area contributed by atoms with Gasteiger partial charge in [-0.25, -0.2) is 0 Å². The number of anilines is 1. The molecule has 0 aromatic heterocycles. The van der Waals surface area contributed by atoms with E-state index in [1.54, 1.807) is 24.3 Å². The number of benzene rings is 1. The molecule has 1 aliphatic rings. The van der Waals surface area contributed by atoms with Crippen molar-refractivity contribution in [1.29, 1.82) is 0 Å². The van der Waals surface area contributed by atoms with Gasteiger partial charge in [0, 0.05) is 9.26 Å². The number of carbonyl (C=O) groups excluding carboxylic acids is 2. The third-order valence-electron chi connectivity index (χ3n) is 4.70. The molecule has 1 aromatic rings. The van der Waals surface area contributed by atoms with Gasteiger partial charge in [-0.3, -0.25) is 14.1 Å². The molecule has 0 bridgehead atoms. The van der Waals surface area contributed by atoms with Crippen molar-refractivity contribution in [1.82, 2.24) is 0 Å². The monoisotopic (exact) mass is 585 g/mol. The van der Waals surface area contributed by atoms with Crippen molar-refractivity contribution in [3.63, 3.8) is 0 Å². The Balaban J connectivity index is 2.23. The Morgan fingerprint density at radius 2 is 1.58 bits per heavy atom. The number of rotatable bonds is 6. The van der Waals surface area contributed by atoms with E-state index in [9.17, 15) is 40.0 Å². The summed E-state index contributed by atoms with van der Waals surface area (Å²) in [6.45, 7) is 0. The van der Waals surface area contributed by atoms with Crippen molar-refractivity contribution in [3.05, 3.63) is 27.8 Å². The van der Waals surface area contributed by atoms with Gasteiger partial charge in [0.15, 0.2) is 0 Å². The predicted octanol–water partition coefficient (Wildman–Crippen LogP) is 3.99. The quantitative estimate of drug-likeness (QED) is 0.226. The van der Waals surface area contributed by atoms with Crippen LogP contribution in [0, 0.1) is 15.4 Å². The van der Waals surface area contributed by atoms with E-state index in [0.717, 1.165) is 3.57 Å². The number of halogens is 6. The lowest BCUT2D eigenvalue weighted by molar-refractivity contribution is -0.261. The zero-order valence-corrected chi connectivity index (χ0v) is 18.5. The lowest BCUT2D eigenvalue weighted by atomic mass is 9.78. The van der Waals surface area contributed by atoms with Crippen LogP contribution in [0.5, 0.6) is 0 Å². The second kappa shape index (κ2) is 9.52. The average Bonchev–Trinajstić information content (AvgIpc) is 2.65. The molecule has 0 saturated heterocycles. The summed E-state index contributed by atoms with van der Waals surface area (Å²) >= 11 is 2.03. The third kappa shape index (κ3) is 6.25. The maximum absolute atomic E-state index is 13.7. The fraction of sp³-hybridized carbons (Fsp3) is 0.529. The normalized spacial score (nSPS) is 21.3. The molecule has 3 unspecified atom stereocenters. The Kier molecular flexibility index (Phi) is 7.90. The van der Waals surface area contributed by atoms with E-state index in [1.165, 1.54) is 0 Å². The molecule has 7 nitrogen and oxygen atoms in total. The molecule has 1 amide bonds. The fourth-order valence-electron chi connectivity index (χ4n) is 3.16. The van der Waals surface area contributed by atoms with Crippen LogP contribution in [0.15, 0.2) is 24.3 Å². The minimum atomic E-state index is -6.55. The fourth-order valence-corrected chi connectivity index (χ4v) is 3.97. The van der Waals surface area contributed by atoms with Crippen LogP contribution in [0.1, 0.15) is 25.7 Å². The smallest absolute Gasteiger partial charge is 0.432 e. The van der Waals surface area contributed by atoms with Crippen molar-refractivity contribution in [3.8, 4) is 0 Å². The SMILES string of the molecule is O=C(Nc1ccc(I)cc1)C1CCCCC1C(=O)OC(C(F)(F)F)C(F)(F)S(=O)(=O)O. The van der Waals surface area contributed by atoms with Gasteiger partial charge in [0.25, 0.3) is 6.10 Å². The number of ether oxygens (including phenoxy) is 1. The first-order chi connectivity index (χ1) is 14.1. The standard InChI is InChI=1S/C17H17F5INO6S/c18-16(19,20)15(17(21,22)31(27,28)29)30-14(26)12-4-2-1-3-11(12)13(25)24-10-7-5-9(23)6-8-10/h5-8,11-12,15H,1-4H2,(H,24,25)(H,27,28,29). The summed E-state index contributed by atoms with van der Waals surface area (Å²) in [7, 11) is -6.55. The highest BCUT2D eigenvalue weighted by Crippen LogP contribution is 2.40. The van der Waals surface area contributed by atoms with Gasteiger partial charge >= 0.3 is 27.5 Å². The van der Waals surface area contributed by atoms with Gasteiger partial charge < -0.3 is 10.1 Å². The minimum absolute atomic E-state index is 0.0847. The predicted molar refractivity (Wildman–Crippen MR) is 106 cm³/mol. The van der Waals surface area contributed by atoms with E-state index in [2.05, 4.69) is 10.1 Å². The Bertz CT molecular complexity index is 922. The Morgan fingerprint density at radius 3 is 2.06 bits per heavy atom. The van der Waals surface area contributed by atoms with Crippen LogP contribution >= 0.6 is 22.6 Å². The summed E-state index contributed by atoms with van der Waals surface area (Å²) in [6, 6.07) is 6.46. The number of hydrogen-bond acceptors (Lipinski definition) is 5. The molecule has 174 valence electrons. The van der Waals surface area contributed by atoms with Gasteiger partial charge in [0.1, 0.15) is 0 Å². The molecule has 1 saturated carbocycles. The number of nitrogens with one attached hydrogen (secondary N) is 1. The highest BCUT2D eigenvalue weighted by atomic mass is 127. The van der Waals surface area contributed by atoms with Gasteiger partial charge in [0.2, 0.25) is 5.91 Å². The van der Waals surface area contributed by atoms with Gasteiger partial charge in [-0.15, -0.1) is 0 Å². The van der Waals surface area contributed by atoms with Crippen molar-refractivity contribution >= 4 is 50.3 Å². The van der Waals surface area contributed by atoms with Crippen molar-refractivity contribution in [2.24, 2.45) is 11.8 Å². The molecule has 2 N–H and O–H groups in total. The van der Waals surface area contributed by atoms with Crippen LogP contribution in [0.3, 0.4) is 0 Å². The molecule has 2 rings (SSSR count). The molecule has 1 aliphatic carbocycles. The highest BCUT2D eigenvalue weighted by Gasteiger charge is 2.66. The van der Waals surface area contributed by atoms with Crippen LogP contribution in [-0.4, -0.2) is 42.4 Å². The minimum Gasteiger partial charge on any atom is -0.444 e. The number of alkyl halides is 5. The largest absolute Gasteiger partial charge is 0.444 e. The molecular formula is C17H17F5INO6S. The van der Waals surface area contributed by atoms with E-state index >= 15 is 0 Å². The van der Waals surface area contributed by atoms with Crippen molar-refractivity contribution in [2.45, 2.75) is 43.2 Å². The van der Waals surface area contributed by atoms with Gasteiger partial charge in [0.05, 0.1) is 11.8 Å². The molecule has 31 heavy (non-hydrogen) atoms. The average molecular weight is 585 g/mol. The maximum atomic E-state index is 13.7. The number of esters is 1. The number of carbonyl (C=O) groups is 2. The summed E-state index contributed by atoms with van der Waals surface area (Å²) in [5, 5.41) is -3.32. The zero-order valence-electron chi connectivity index (χ0n) is 15.5. The second-order valence-corrected chi connectivity index (χ2v) is 9.63. The highest BCUT2D eigenvalue weighted by molar-refractivity contribution is 14.1. The lowest BCUT2D eigenvalue weighted by Gasteiger charge is -2.32. The van der Waals surface area contributed by atoms with Gasteiger partial charge in [-0.05, 0) is 59.7 Å². The Morgan fingerprint density at radius 1 is 1.06 bits per heavy atom. The van der Waals surface area contributed by atoms with Crippen LogP contribution in [0.4, 0.5) is 27.6 Å². The van der Waals surface area contributed by atoms with Gasteiger partial charge in [-0.1, -0.05) is 12.8 Å². The topological polar surface area (TPSA) is 110 Å². The van der Waals surface area contributed by atoms with Crippen molar-refractivity contribution in [2.75, 3.05) is 5.32 Å². The molecule has 1 fully saturated rings. The first kappa shape index (κ1) is 25.7. The molecule has 0 spiro atoms. The van der Waals surface area contributed by atoms with E-state index in [1.807, 2.05) is 22.6 Å². The second-order valence-electron chi connectivity index (χ2n) is 6.89. The summed E-state index contributed by atoms with van der Waals surface area (Å²) in [4.78, 5) is 24.9. The first-order valence-electron chi connectivity index (χ1n) is 8.83. The third-order valence-corrected chi connectivity index (χ3v) is 6.32. The number of hydrogen-bond donors (Lipinski definition) is 2. The molecule has 0 heterocycles. The molecule has 14 heteroatoms. The molecular weight excluding hydrogens is 568 g/mol.